The van der Waals surface area contributed by atoms with Crippen molar-refractivity contribution in [3.63, 3.8) is 0 Å². The molecule has 0 saturated heterocycles. The van der Waals surface area contributed by atoms with E-state index < -0.39 is 24.3 Å². The molecule has 0 rings (SSSR count). The van der Waals surface area contributed by atoms with Crippen molar-refractivity contribution < 1.29 is 42.9 Å². The van der Waals surface area contributed by atoms with Crippen LogP contribution in [0.25, 0.3) is 0 Å². The first-order valence-electron chi connectivity index (χ1n) is 38.0. The molecular weight excluding hydrogens is 1130 g/mol. The molecular formula is C82H143NO8. The van der Waals surface area contributed by atoms with Gasteiger partial charge >= 0.3 is 11.9 Å². The molecule has 0 spiro atoms. The summed E-state index contributed by atoms with van der Waals surface area (Å²) in [5, 5.41) is 11.8. The molecule has 0 N–H and O–H groups in total. The quantitative estimate of drug-likeness (QED) is 0.0195. The molecule has 0 aliphatic heterocycles. The number of allylic oxidation sites excluding steroid dienone is 18. The van der Waals surface area contributed by atoms with E-state index >= 15 is 0 Å². The molecule has 0 heterocycles. The number of carboxylic acid groups (broad SMARTS) is 1. The van der Waals surface area contributed by atoms with Gasteiger partial charge in [-0.1, -0.05) is 329 Å². The van der Waals surface area contributed by atoms with E-state index in [1.807, 2.05) is 21.1 Å². The highest BCUT2D eigenvalue weighted by Gasteiger charge is 2.22. The van der Waals surface area contributed by atoms with Crippen LogP contribution in [0.15, 0.2) is 109 Å². The van der Waals surface area contributed by atoms with E-state index in [1.165, 1.54) is 218 Å². The predicted molar refractivity (Wildman–Crippen MR) is 389 cm³/mol. The fourth-order valence-corrected chi connectivity index (χ4v) is 10.7. The van der Waals surface area contributed by atoms with Gasteiger partial charge in [-0.25, -0.2) is 0 Å². The summed E-state index contributed by atoms with van der Waals surface area (Å²) in [6.07, 6.45) is 97.6. The molecule has 0 aromatic rings. The lowest BCUT2D eigenvalue weighted by Gasteiger charge is -2.26. The Bertz CT molecular complexity index is 1870. The van der Waals surface area contributed by atoms with Gasteiger partial charge in [0.15, 0.2) is 12.4 Å². The second kappa shape index (κ2) is 71.8. The fourth-order valence-electron chi connectivity index (χ4n) is 10.7. The van der Waals surface area contributed by atoms with Crippen molar-refractivity contribution in [2.24, 2.45) is 0 Å². The lowest BCUT2D eigenvalue weighted by atomic mass is 10.0. The van der Waals surface area contributed by atoms with Gasteiger partial charge in [-0.3, -0.25) is 9.59 Å². The van der Waals surface area contributed by atoms with Crippen LogP contribution in [0.2, 0.25) is 0 Å². The summed E-state index contributed by atoms with van der Waals surface area (Å²) in [5.41, 5.74) is 0. The zero-order chi connectivity index (χ0) is 66.1. The highest BCUT2D eigenvalue weighted by molar-refractivity contribution is 5.70. The van der Waals surface area contributed by atoms with Gasteiger partial charge in [0.05, 0.1) is 40.3 Å². The standard InChI is InChI=1S/C82H143NO8/c1-6-8-10-12-14-16-18-20-22-24-26-28-30-32-34-35-36-37-38-39-40-41-42-43-44-45-47-49-51-53-55-57-59-61-63-65-67-69-71-73-80(85)91-78(77-90-82(81(86)87)88-75-74-83(3,4)5)76-89-79(84)72-70-68-66-64-62-60-58-56-54-52-50-48-46-33-31-29-27-25-23-21-19-17-15-13-11-9-7-2/h8,10,14,16,19-22,25-28,31-34,36-37,78,82H,6-7,9,11-13,15,17-18,23-24,29-30,35,38-77H2,1-5H3/b10-8-,16-14-,21-19-,22-20-,27-25-,28-26-,33-31-,34-32-,37-36-. The molecule has 0 aliphatic carbocycles. The summed E-state index contributed by atoms with van der Waals surface area (Å²) in [7, 11) is 5.94. The number of carbonyl (C=O) groups is 3. The van der Waals surface area contributed by atoms with Gasteiger partial charge in [0.2, 0.25) is 0 Å². The van der Waals surface area contributed by atoms with Crippen molar-refractivity contribution in [1.82, 2.24) is 0 Å². The zero-order valence-electron chi connectivity index (χ0n) is 59.9. The molecule has 91 heavy (non-hydrogen) atoms. The Morgan fingerprint density at radius 2 is 0.626 bits per heavy atom. The number of rotatable bonds is 70. The molecule has 0 fully saturated rings. The monoisotopic (exact) mass is 1270 g/mol. The van der Waals surface area contributed by atoms with E-state index in [0.29, 0.717) is 17.4 Å². The van der Waals surface area contributed by atoms with Gasteiger partial charge < -0.3 is 33.3 Å². The molecule has 9 heteroatoms. The minimum atomic E-state index is -1.63. The molecule has 0 amide bonds. The molecule has 0 aliphatic rings. The van der Waals surface area contributed by atoms with Crippen LogP contribution in [0.3, 0.4) is 0 Å². The highest BCUT2D eigenvalue weighted by atomic mass is 16.7. The number of hydrogen-bond donors (Lipinski definition) is 0. The topological polar surface area (TPSA) is 111 Å². The lowest BCUT2D eigenvalue weighted by Crippen LogP contribution is -2.44. The normalized spacial score (nSPS) is 13.3. The Labute approximate surface area is 562 Å². The van der Waals surface area contributed by atoms with Gasteiger partial charge in [0.1, 0.15) is 13.2 Å². The Balaban J connectivity index is 4.04. The van der Waals surface area contributed by atoms with Gasteiger partial charge in [-0.2, -0.15) is 0 Å². The Kier molecular flexibility index (Phi) is 68.6. The molecule has 0 aromatic heterocycles. The van der Waals surface area contributed by atoms with Crippen molar-refractivity contribution in [1.29, 1.82) is 0 Å². The largest absolute Gasteiger partial charge is 0.545 e. The first-order valence-corrected chi connectivity index (χ1v) is 38.0. The molecule has 2 atom stereocenters. The zero-order valence-corrected chi connectivity index (χ0v) is 59.9. The minimum Gasteiger partial charge on any atom is -0.545 e. The number of quaternary nitrogens is 1. The maximum absolute atomic E-state index is 13.0. The summed E-state index contributed by atoms with van der Waals surface area (Å²) < 4.78 is 22.8. The maximum atomic E-state index is 13.0. The Morgan fingerprint density at radius 3 is 0.934 bits per heavy atom. The average molecular weight is 1270 g/mol. The number of ether oxygens (including phenoxy) is 4. The van der Waals surface area contributed by atoms with E-state index in [4.69, 9.17) is 18.9 Å². The number of esters is 2. The highest BCUT2D eigenvalue weighted by Crippen LogP contribution is 2.18. The number of unbranched alkanes of at least 4 members (excludes halogenated alkanes) is 37. The summed E-state index contributed by atoms with van der Waals surface area (Å²) in [6.45, 7) is 4.65. The molecule has 2 unspecified atom stereocenters. The molecule has 0 bridgehead atoms. The van der Waals surface area contributed by atoms with Gasteiger partial charge in [-0.05, 0) is 103 Å². The first kappa shape index (κ1) is 87.0. The number of likely N-dealkylation sites (N-methyl/N-ethyl adjacent to an activating group) is 1. The molecule has 524 valence electrons. The Hall–Kier alpha value is -4.05. The summed E-state index contributed by atoms with van der Waals surface area (Å²) in [4.78, 5) is 37.6. The van der Waals surface area contributed by atoms with E-state index in [9.17, 15) is 19.5 Å². The van der Waals surface area contributed by atoms with Crippen molar-refractivity contribution in [2.45, 2.75) is 347 Å². The number of carbonyl (C=O) groups excluding carboxylic acids is 3. The van der Waals surface area contributed by atoms with Crippen LogP contribution >= 0.6 is 0 Å². The SMILES string of the molecule is CC/C=C\C/C=C\C/C=C\C/C=C\C/C=C\C/C=C\CCCCCCCCCCCCCCCCCCCCCCC(=O)OC(COC(=O)CCCCCCCCCCCCCC/C=C\C/C=C\C/C=C\CCCCCCC)COC(OCC[N+](C)(C)C)C(=O)[O-]. The van der Waals surface area contributed by atoms with Crippen LogP contribution in [-0.4, -0.2) is 82.3 Å². The van der Waals surface area contributed by atoms with Gasteiger partial charge in [0.25, 0.3) is 0 Å². The first-order chi connectivity index (χ1) is 44.6. The number of aliphatic carboxylic acids is 1. The summed E-state index contributed by atoms with van der Waals surface area (Å²) in [5.74, 6) is -2.27. The van der Waals surface area contributed by atoms with E-state index in [1.54, 1.807) is 0 Å². The molecule has 0 saturated carbocycles. The second-order valence-electron chi connectivity index (χ2n) is 26.6. The van der Waals surface area contributed by atoms with Crippen molar-refractivity contribution in [3.05, 3.63) is 109 Å². The van der Waals surface area contributed by atoms with Crippen LogP contribution in [0.1, 0.15) is 335 Å². The summed E-state index contributed by atoms with van der Waals surface area (Å²) >= 11 is 0. The van der Waals surface area contributed by atoms with Crippen molar-refractivity contribution in [3.8, 4) is 0 Å². The van der Waals surface area contributed by atoms with Crippen LogP contribution < -0.4 is 5.11 Å². The molecule has 9 nitrogen and oxygen atoms in total. The average Bonchev–Trinajstić information content (AvgIpc) is 3.46. The van der Waals surface area contributed by atoms with Crippen LogP contribution in [0, 0.1) is 0 Å². The fraction of sp³-hybridized carbons (Fsp3) is 0.744. The van der Waals surface area contributed by atoms with Gasteiger partial charge in [-0.15, -0.1) is 0 Å². The number of nitrogens with zero attached hydrogens (tertiary/aromatic N) is 1. The van der Waals surface area contributed by atoms with Crippen molar-refractivity contribution >= 4 is 17.9 Å². The predicted octanol–water partition coefficient (Wildman–Crippen LogP) is 22.8. The molecule has 0 radical (unpaired) electrons. The van der Waals surface area contributed by atoms with Gasteiger partial charge in [0, 0.05) is 12.8 Å². The minimum absolute atomic E-state index is 0.146. The van der Waals surface area contributed by atoms with E-state index in [2.05, 4.69) is 123 Å². The number of carboxylic acids is 1. The van der Waals surface area contributed by atoms with Crippen LogP contribution in [0.5, 0.6) is 0 Å². The van der Waals surface area contributed by atoms with Crippen molar-refractivity contribution in [2.75, 3.05) is 47.5 Å². The second-order valence-corrected chi connectivity index (χ2v) is 26.6. The van der Waals surface area contributed by atoms with E-state index in [-0.39, 0.29) is 38.6 Å². The summed E-state index contributed by atoms with van der Waals surface area (Å²) in [6, 6.07) is 0. The maximum Gasteiger partial charge on any atom is 0.306 e. The third-order valence-corrected chi connectivity index (χ3v) is 16.5. The van der Waals surface area contributed by atoms with E-state index in [0.717, 1.165) is 83.5 Å². The third-order valence-electron chi connectivity index (χ3n) is 16.5. The smallest absolute Gasteiger partial charge is 0.306 e. The third kappa shape index (κ3) is 73.2. The molecule has 0 aromatic carbocycles. The van der Waals surface area contributed by atoms with Crippen LogP contribution in [0.4, 0.5) is 0 Å². The van der Waals surface area contributed by atoms with Crippen LogP contribution in [-0.2, 0) is 33.3 Å². The number of hydrogen-bond acceptors (Lipinski definition) is 8. The lowest BCUT2D eigenvalue weighted by molar-refractivity contribution is -0.870. The Morgan fingerprint density at radius 1 is 0.341 bits per heavy atom.